The first kappa shape index (κ1) is 12.9. The molecular weight excluding hydrogens is 252 g/mol. The smallest absolute Gasteiger partial charge is 0.303 e. The Morgan fingerprint density at radius 3 is 2.81 bits per heavy atom. The maximum Gasteiger partial charge on any atom is 0.303 e. The molecule has 16 heavy (non-hydrogen) atoms. The van der Waals surface area contributed by atoms with Gasteiger partial charge in [0.15, 0.2) is 5.13 Å². The SMILES string of the molecule is Cc1nc(NC(=O)CCl)sc1CCC(=O)O. The summed E-state index contributed by atoms with van der Waals surface area (Å²) in [6.45, 7) is 1.78. The molecule has 0 aromatic carbocycles. The lowest BCUT2D eigenvalue weighted by Gasteiger charge is -1.95. The van der Waals surface area contributed by atoms with Gasteiger partial charge in [-0.3, -0.25) is 9.59 Å². The number of alkyl halides is 1. The topological polar surface area (TPSA) is 79.3 Å². The number of nitrogens with one attached hydrogen (secondary N) is 1. The van der Waals surface area contributed by atoms with Gasteiger partial charge in [-0.2, -0.15) is 0 Å². The van der Waals surface area contributed by atoms with Crippen molar-refractivity contribution in [1.29, 1.82) is 0 Å². The van der Waals surface area contributed by atoms with E-state index < -0.39 is 5.97 Å². The molecule has 88 valence electrons. The van der Waals surface area contributed by atoms with Crippen LogP contribution in [0.1, 0.15) is 17.0 Å². The molecule has 1 heterocycles. The van der Waals surface area contributed by atoms with E-state index in [-0.39, 0.29) is 18.2 Å². The number of carboxylic acid groups (broad SMARTS) is 1. The molecule has 0 radical (unpaired) electrons. The zero-order valence-electron chi connectivity index (χ0n) is 8.62. The second-order valence-electron chi connectivity index (χ2n) is 3.10. The Morgan fingerprint density at radius 2 is 2.25 bits per heavy atom. The number of thiazole rings is 1. The molecule has 1 aromatic rings. The molecule has 1 aromatic heterocycles. The summed E-state index contributed by atoms with van der Waals surface area (Å²) in [7, 11) is 0. The minimum absolute atomic E-state index is 0.0614. The van der Waals surface area contributed by atoms with E-state index in [1.807, 2.05) is 0 Å². The second-order valence-corrected chi connectivity index (χ2v) is 4.45. The van der Waals surface area contributed by atoms with E-state index in [9.17, 15) is 9.59 Å². The maximum atomic E-state index is 11.0. The number of aryl methyl sites for hydroxylation is 2. The summed E-state index contributed by atoms with van der Waals surface area (Å²) in [5.74, 6) is -1.29. The summed E-state index contributed by atoms with van der Waals surface area (Å²) in [6, 6.07) is 0. The summed E-state index contributed by atoms with van der Waals surface area (Å²) >= 11 is 6.62. The number of carbonyl (C=O) groups is 2. The van der Waals surface area contributed by atoms with E-state index in [1.165, 1.54) is 11.3 Å². The Balaban J connectivity index is 2.66. The minimum Gasteiger partial charge on any atom is -0.481 e. The summed E-state index contributed by atoms with van der Waals surface area (Å²) in [5.41, 5.74) is 0.746. The largest absolute Gasteiger partial charge is 0.481 e. The van der Waals surface area contributed by atoms with Crippen LogP contribution < -0.4 is 5.32 Å². The van der Waals surface area contributed by atoms with Crippen LogP contribution in [-0.4, -0.2) is 27.8 Å². The predicted molar refractivity (Wildman–Crippen MR) is 62.2 cm³/mol. The summed E-state index contributed by atoms with van der Waals surface area (Å²) in [4.78, 5) is 26.4. The lowest BCUT2D eigenvalue weighted by atomic mass is 10.2. The number of aromatic nitrogens is 1. The molecule has 0 aliphatic heterocycles. The van der Waals surface area contributed by atoms with Crippen molar-refractivity contribution in [2.45, 2.75) is 19.8 Å². The predicted octanol–water partition coefficient (Wildman–Crippen LogP) is 1.65. The van der Waals surface area contributed by atoms with Gasteiger partial charge in [-0.05, 0) is 13.3 Å². The van der Waals surface area contributed by atoms with E-state index in [4.69, 9.17) is 16.7 Å². The van der Waals surface area contributed by atoms with Crippen LogP contribution in [0, 0.1) is 6.92 Å². The molecule has 0 aliphatic rings. The van der Waals surface area contributed by atoms with Crippen LogP contribution in [0.3, 0.4) is 0 Å². The third kappa shape index (κ3) is 3.79. The fourth-order valence-electron chi connectivity index (χ4n) is 1.09. The number of aliphatic carboxylic acids is 1. The molecule has 0 fully saturated rings. The molecule has 0 saturated carbocycles. The highest BCUT2D eigenvalue weighted by atomic mass is 35.5. The highest BCUT2D eigenvalue weighted by Gasteiger charge is 2.10. The maximum absolute atomic E-state index is 11.0. The van der Waals surface area contributed by atoms with Crippen molar-refractivity contribution in [2.75, 3.05) is 11.2 Å². The van der Waals surface area contributed by atoms with Crippen molar-refractivity contribution >= 4 is 39.9 Å². The number of hydrogen-bond donors (Lipinski definition) is 2. The van der Waals surface area contributed by atoms with Crippen molar-refractivity contribution in [3.8, 4) is 0 Å². The van der Waals surface area contributed by atoms with Crippen molar-refractivity contribution in [3.05, 3.63) is 10.6 Å². The van der Waals surface area contributed by atoms with Crippen LogP contribution in [-0.2, 0) is 16.0 Å². The molecule has 1 amide bonds. The van der Waals surface area contributed by atoms with E-state index in [1.54, 1.807) is 6.92 Å². The van der Waals surface area contributed by atoms with Crippen molar-refractivity contribution in [3.63, 3.8) is 0 Å². The molecule has 2 N–H and O–H groups in total. The molecule has 0 saturated heterocycles. The summed E-state index contributed by atoms with van der Waals surface area (Å²) < 4.78 is 0. The molecular formula is C9H11ClN2O3S. The average Bonchev–Trinajstić information content (AvgIpc) is 2.55. The Labute approximate surface area is 101 Å². The number of halogens is 1. The summed E-state index contributed by atoms with van der Waals surface area (Å²) in [6.07, 6.45) is 0.488. The Bertz CT molecular complexity index is 405. The fraction of sp³-hybridized carbons (Fsp3) is 0.444. The van der Waals surface area contributed by atoms with Gasteiger partial charge in [-0.25, -0.2) is 4.98 Å². The molecule has 0 unspecified atom stereocenters. The summed E-state index contributed by atoms with van der Waals surface area (Å²) in [5, 5.41) is 11.5. The quantitative estimate of drug-likeness (QED) is 0.791. The monoisotopic (exact) mass is 262 g/mol. The number of carboxylic acids is 1. The first-order valence-electron chi connectivity index (χ1n) is 4.57. The Hall–Kier alpha value is -1.14. The van der Waals surface area contributed by atoms with Crippen molar-refractivity contribution < 1.29 is 14.7 Å². The van der Waals surface area contributed by atoms with E-state index >= 15 is 0 Å². The van der Waals surface area contributed by atoms with Gasteiger partial charge in [0, 0.05) is 4.88 Å². The van der Waals surface area contributed by atoms with Crippen LogP contribution in [0.15, 0.2) is 0 Å². The second kappa shape index (κ2) is 5.81. The molecule has 0 aliphatic carbocycles. The van der Waals surface area contributed by atoms with E-state index in [0.717, 1.165) is 10.6 Å². The van der Waals surface area contributed by atoms with Gasteiger partial charge in [0.25, 0.3) is 0 Å². The van der Waals surface area contributed by atoms with E-state index in [0.29, 0.717) is 11.6 Å². The lowest BCUT2D eigenvalue weighted by Crippen LogP contribution is -2.12. The Morgan fingerprint density at radius 1 is 1.56 bits per heavy atom. The molecule has 0 spiro atoms. The molecule has 1 rings (SSSR count). The van der Waals surface area contributed by atoms with Gasteiger partial charge >= 0.3 is 5.97 Å². The first-order valence-corrected chi connectivity index (χ1v) is 5.92. The third-order valence-electron chi connectivity index (χ3n) is 1.83. The van der Waals surface area contributed by atoms with Crippen LogP contribution >= 0.6 is 22.9 Å². The minimum atomic E-state index is -0.848. The van der Waals surface area contributed by atoms with Gasteiger partial charge in [0.1, 0.15) is 5.88 Å². The number of hydrogen-bond acceptors (Lipinski definition) is 4. The highest BCUT2D eigenvalue weighted by molar-refractivity contribution is 7.15. The first-order chi connectivity index (χ1) is 7.52. The number of rotatable bonds is 5. The zero-order chi connectivity index (χ0) is 12.1. The van der Waals surface area contributed by atoms with Crippen LogP contribution in [0.2, 0.25) is 0 Å². The normalized spacial score (nSPS) is 10.1. The lowest BCUT2D eigenvalue weighted by molar-refractivity contribution is -0.136. The standard InChI is InChI=1S/C9H11ClN2O3S/c1-5-6(2-3-8(14)15)16-9(11-5)12-7(13)4-10/h2-4H2,1H3,(H,14,15)(H,11,12,13). The van der Waals surface area contributed by atoms with Crippen LogP contribution in [0.25, 0.3) is 0 Å². The van der Waals surface area contributed by atoms with Gasteiger partial charge in [0.05, 0.1) is 12.1 Å². The third-order valence-corrected chi connectivity index (χ3v) is 3.20. The average molecular weight is 263 g/mol. The van der Waals surface area contributed by atoms with Crippen molar-refractivity contribution in [2.24, 2.45) is 0 Å². The van der Waals surface area contributed by atoms with Gasteiger partial charge < -0.3 is 10.4 Å². The Kier molecular flexibility index (Phi) is 4.70. The number of anilines is 1. The fourth-order valence-corrected chi connectivity index (χ4v) is 2.13. The number of amides is 1. The van der Waals surface area contributed by atoms with E-state index in [2.05, 4.69) is 10.3 Å². The molecule has 0 atom stereocenters. The van der Waals surface area contributed by atoms with Crippen LogP contribution in [0.5, 0.6) is 0 Å². The van der Waals surface area contributed by atoms with Crippen molar-refractivity contribution in [1.82, 2.24) is 4.98 Å². The molecule has 7 heteroatoms. The number of nitrogens with zero attached hydrogens (tertiary/aromatic N) is 1. The molecule has 0 bridgehead atoms. The highest BCUT2D eigenvalue weighted by Crippen LogP contribution is 2.23. The van der Waals surface area contributed by atoms with Crippen LogP contribution in [0.4, 0.5) is 5.13 Å². The van der Waals surface area contributed by atoms with Gasteiger partial charge in [-0.15, -0.1) is 22.9 Å². The zero-order valence-corrected chi connectivity index (χ0v) is 10.2. The number of carbonyl (C=O) groups excluding carboxylic acids is 1. The molecule has 5 nitrogen and oxygen atoms in total. The van der Waals surface area contributed by atoms with Gasteiger partial charge in [-0.1, -0.05) is 0 Å². The van der Waals surface area contributed by atoms with Gasteiger partial charge in [0.2, 0.25) is 5.91 Å².